The molecule has 1 aromatic carbocycles. The third kappa shape index (κ3) is 3.25. The van der Waals surface area contributed by atoms with Gasteiger partial charge in [-0.3, -0.25) is 0 Å². The van der Waals surface area contributed by atoms with E-state index in [0.29, 0.717) is 23.3 Å². The van der Waals surface area contributed by atoms with Gasteiger partial charge in [-0.2, -0.15) is 4.98 Å². The van der Waals surface area contributed by atoms with E-state index >= 15 is 0 Å². The van der Waals surface area contributed by atoms with Crippen molar-refractivity contribution in [3.63, 3.8) is 0 Å². The summed E-state index contributed by atoms with van der Waals surface area (Å²) in [6, 6.07) is 9.91. The molecule has 0 bridgehead atoms. The Kier molecular flexibility index (Phi) is 4.40. The van der Waals surface area contributed by atoms with Crippen molar-refractivity contribution in [3.05, 3.63) is 46.6 Å². The number of hydrogen-bond donors (Lipinski definition) is 1. The van der Waals surface area contributed by atoms with Crippen LogP contribution in [0.2, 0.25) is 5.02 Å². The zero-order chi connectivity index (χ0) is 16.4. The van der Waals surface area contributed by atoms with Gasteiger partial charge in [0.25, 0.3) is 0 Å². The number of nitrogens with one attached hydrogen (secondary N) is 1. The van der Waals surface area contributed by atoms with Gasteiger partial charge in [0.2, 0.25) is 11.7 Å². The largest absolute Gasteiger partial charge is 0.374 e. The lowest BCUT2D eigenvalue weighted by Gasteiger charge is -2.21. The van der Waals surface area contributed by atoms with Gasteiger partial charge in [0.05, 0.1) is 22.8 Å². The lowest BCUT2D eigenvalue weighted by atomic mass is 10.2. The lowest BCUT2D eigenvalue weighted by Crippen LogP contribution is -2.19. The van der Waals surface area contributed by atoms with Crippen molar-refractivity contribution in [2.45, 2.75) is 19.4 Å². The first-order valence-corrected chi connectivity index (χ1v) is 9.20. The monoisotopic (exact) mass is 360 g/mol. The lowest BCUT2D eigenvalue weighted by molar-refractivity contribution is 0.384. The molecule has 0 atom stereocenters. The van der Waals surface area contributed by atoms with Crippen LogP contribution in [0.3, 0.4) is 0 Å². The third-order valence-electron chi connectivity index (χ3n) is 4.05. The first kappa shape index (κ1) is 15.5. The number of anilines is 2. The second-order valence-electron chi connectivity index (χ2n) is 5.70. The van der Waals surface area contributed by atoms with Crippen molar-refractivity contribution < 1.29 is 4.52 Å². The van der Waals surface area contributed by atoms with Crippen molar-refractivity contribution in [2.24, 2.45) is 0 Å². The minimum atomic E-state index is 0.472. The van der Waals surface area contributed by atoms with Gasteiger partial charge in [-0.05, 0) is 42.5 Å². The Morgan fingerprint density at radius 1 is 1.25 bits per heavy atom. The Balaban J connectivity index is 1.50. The first-order valence-electron chi connectivity index (χ1n) is 7.94. The summed E-state index contributed by atoms with van der Waals surface area (Å²) in [6.45, 7) is 2.64. The molecule has 124 valence electrons. The van der Waals surface area contributed by atoms with Gasteiger partial charge < -0.3 is 14.7 Å². The van der Waals surface area contributed by atoms with E-state index < -0.39 is 0 Å². The summed E-state index contributed by atoms with van der Waals surface area (Å²) in [5.74, 6) is 1.19. The Hall–Kier alpha value is -2.05. The number of thiophene rings is 1. The van der Waals surface area contributed by atoms with Gasteiger partial charge >= 0.3 is 0 Å². The second kappa shape index (κ2) is 6.83. The fourth-order valence-electron chi connectivity index (χ4n) is 2.89. The van der Waals surface area contributed by atoms with Crippen LogP contribution < -0.4 is 10.2 Å². The molecule has 1 fully saturated rings. The van der Waals surface area contributed by atoms with Gasteiger partial charge in [0, 0.05) is 18.1 Å². The summed E-state index contributed by atoms with van der Waals surface area (Å²) in [5.41, 5.74) is 2.18. The standard InChI is InChI=1S/C17H17ClN4OS/c18-12-5-6-14(22-7-1-2-8-22)13(10-12)19-11-16-20-17(21-23-16)15-4-3-9-24-15/h3-6,9-10,19H,1-2,7-8,11H2. The molecule has 4 rings (SSSR count). The summed E-state index contributed by atoms with van der Waals surface area (Å²) in [6.07, 6.45) is 2.46. The molecule has 1 N–H and O–H groups in total. The predicted molar refractivity (Wildman–Crippen MR) is 97.8 cm³/mol. The van der Waals surface area contributed by atoms with E-state index in [1.54, 1.807) is 11.3 Å². The van der Waals surface area contributed by atoms with Crippen molar-refractivity contribution >= 4 is 34.3 Å². The molecule has 7 heteroatoms. The van der Waals surface area contributed by atoms with Crippen LogP contribution in [0.4, 0.5) is 11.4 Å². The van der Waals surface area contributed by atoms with Crippen LogP contribution in [-0.2, 0) is 6.54 Å². The van der Waals surface area contributed by atoms with Gasteiger partial charge in [0.1, 0.15) is 0 Å². The summed E-state index contributed by atoms with van der Waals surface area (Å²) in [7, 11) is 0. The van der Waals surface area contributed by atoms with Crippen molar-refractivity contribution in [1.29, 1.82) is 0 Å². The highest BCUT2D eigenvalue weighted by atomic mass is 35.5. The second-order valence-corrected chi connectivity index (χ2v) is 7.08. The zero-order valence-corrected chi connectivity index (χ0v) is 14.6. The SMILES string of the molecule is Clc1ccc(N2CCCC2)c(NCc2nc(-c3cccs3)no2)c1. The molecule has 0 spiro atoms. The van der Waals surface area contributed by atoms with Crippen LogP contribution in [0.1, 0.15) is 18.7 Å². The average molecular weight is 361 g/mol. The average Bonchev–Trinajstić information content (AvgIpc) is 3.33. The van der Waals surface area contributed by atoms with E-state index in [4.69, 9.17) is 16.1 Å². The molecule has 0 saturated carbocycles. The molecule has 0 unspecified atom stereocenters. The Morgan fingerprint density at radius 3 is 2.92 bits per heavy atom. The number of rotatable bonds is 5. The van der Waals surface area contributed by atoms with Crippen molar-refractivity contribution in [3.8, 4) is 10.7 Å². The van der Waals surface area contributed by atoms with E-state index in [9.17, 15) is 0 Å². The minimum Gasteiger partial charge on any atom is -0.374 e. The number of nitrogens with zero attached hydrogens (tertiary/aromatic N) is 3. The fourth-order valence-corrected chi connectivity index (χ4v) is 3.71. The summed E-state index contributed by atoms with van der Waals surface area (Å²) >= 11 is 7.76. The molecule has 3 aromatic rings. The molecule has 0 radical (unpaired) electrons. The smallest absolute Gasteiger partial charge is 0.246 e. The van der Waals surface area contributed by atoms with E-state index in [0.717, 1.165) is 23.7 Å². The molecule has 3 heterocycles. The molecule has 1 aliphatic heterocycles. The molecule has 1 aliphatic rings. The molecular weight excluding hydrogens is 344 g/mol. The quantitative estimate of drug-likeness (QED) is 0.716. The van der Waals surface area contributed by atoms with E-state index in [2.05, 4.69) is 26.4 Å². The van der Waals surface area contributed by atoms with Crippen molar-refractivity contribution in [1.82, 2.24) is 10.1 Å². The van der Waals surface area contributed by atoms with Gasteiger partial charge in [-0.1, -0.05) is 22.8 Å². The van der Waals surface area contributed by atoms with Gasteiger partial charge in [-0.15, -0.1) is 11.3 Å². The number of halogens is 1. The maximum absolute atomic E-state index is 6.17. The fraction of sp³-hybridized carbons (Fsp3) is 0.294. The molecule has 5 nitrogen and oxygen atoms in total. The Morgan fingerprint density at radius 2 is 2.12 bits per heavy atom. The highest BCUT2D eigenvalue weighted by molar-refractivity contribution is 7.13. The molecule has 1 saturated heterocycles. The number of hydrogen-bond acceptors (Lipinski definition) is 6. The van der Waals surface area contributed by atoms with Crippen LogP contribution >= 0.6 is 22.9 Å². The highest BCUT2D eigenvalue weighted by Gasteiger charge is 2.17. The normalized spacial score (nSPS) is 14.3. The molecule has 2 aromatic heterocycles. The Labute approximate surface area is 149 Å². The van der Waals surface area contributed by atoms with Gasteiger partial charge in [0.15, 0.2) is 0 Å². The molecule has 0 amide bonds. The first-order chi connectivity index (χ1) is 11.8. The van der Waals surface area contributed by atoms with Crippen LogP contribution in [0.15, 0.2) is 40.2 Å². The van der Waals surface area contributed by atoms with Crippen LogP contribution in [0, 0.1) is 0 Å². The van der Waals surface area contributed by atoms with Crippen LogP contribution in [-0.4, -0.2) is 23.2 Å². The zero-order valence-electron chi connectivity index (χ0n) is 13.0. The summed E-state index contributed by atoms with van der Waals surface area (Å²) in [4.78, 5) is 7.82. The van der Waals surface area contributed by atoms with Crippen LogP contribution in [0.25, 0.3) is 10.7 Å². The highest BCUT2D eigenvalue weighted by Crippen LogP contribution is 2.32. The molecule has 0 aliphatic carbocycles. The number of benzene rings is 1. The topological polar surface area (TPSA) is 54.2 Å². The van der Waals surface area contributed by atoms with Crippen molar-refractivity contribution in [2.75, 3.05) is 23.3 Å². The third-order valence-corrected chi connectivity index (χ3v) is 5.15. The van der Waals surface area contributed by atoms with Gasteiger partial charge in [-0.25, -0.2) is 0 Å². The van der Waals surface area contributed by atoms with E-state index in [1.165, 1.54) is 18.5 Å². The summed E-state index contributed by atoms with van der Waals surface area (Å²) in [5, 5.41) is 10.1. The minimum absolute atomic E-state index is 0.472. The maximum Gasteiger partial charge on any atom is 0.246 e. The van der Waals surface area contributed by atoms with E-state index in [-0.39, 0.29) is 0 Å². The van der Waals surface area contributed by atoms with Crippen LogP contribution in [0.5, 0.6) is 0 Å². The summed E-state index contributed by atoms with van der Waals surface area (Å²) < 4.78 is 5.34. The predicted octanol–water partition coefficient (Wildman–Crippen LogP) is 4.66. The Bertz CT molecular complexity index is 812. The maximum atomic E-state index is 6.17. The number of aromatic nitrogens is 2. The molecular formula is C17H17ClN4OS. The molecule has 24 heavy (non-hydrogen) atoms. The van der Waals surface area contributed by atoms with E-state index in [1.807, 2.05) is 29.6 Å².